The van der Waals surface area contributed by atoms with Gasteiger partial charge in [-0.15, -0.1) is 0 Å². The third-order valence-electron chi connectivity index (χ3n) is 13.7. The number of amides is 9. The second-order valence-corrected chi connectivity index (χ2v) is 19.8. The van der Waals surface area contributed by atoms with Crippen LogP contribution in [0.4, 0.5) is 0 Å². The van der Waals surface area contributed by atoms with Gasteiger partial charge in [0.25, 0.3) is 0 Å². The number of nitrogens with zero attached hydrogens (tertiary/aromatic N) is 5. The molecule has 0 spiro atoms. The molecule has 10 atom stereocenters. The van der Waals surface area contributed by atoms with Gasteiger partial charge in [-0.2, -0.15) is 0 Å². The van der Waals surface area contributed by atoms with Gasteiger partial charge in [0.1, 0.15) is 54.4 Å². The van der Waals surface area contributed by atoms with Crippen LogP contribution in [-0.4, -0.2) is 200 Å². The van der Waals surface area contributed by atoms with Crippen LogP contribution in [0, 0.1) is 5.92 Å². The smallest absolute Gasteiger partial charge is 0.326 e. The van der Waals surface area contributed by atoms with E-state index in [1.807, 2.05) is 0 Å². The number of aliphatic hydroxyl groups is 1. The Morgan fingerprint density at radius 2 is 1.24 bits per heavy atom. The van der Waals surface area contributed by atoms with Crippen molar-refractivity contribution < 1.29 is 58.2 Å². The summed E-state index contributed by atoms with van der Waals surface area (Å²) in [5.74, 6) is -7.32. The first-order valence-corrected chi connectivity index (χ1v) is 25.5. The molecular formula is C47H75N15O12. The summed E-state index contributed by atoms with van der Waals surface area (Å²) in [7, 11) is 0. The van der Waals surface area contributed by atoms with Crippen LogP contribution in [0.1, 0.15) is 104 Å². The quantitative estimate of drug-likeness (QED) is 0.0251. The highest BCUT2D eigenvalue weighted by Crippen LogP contribution is 2.29. The van der Waals surface area contributed by atoms with Crippen molar-refractivity contribution in [3.8, 4) is 0 Å². The molecule has 0 bridgehead atoms. The van der Waals surface area contributed by atoms with E-state index in [-0.39, 0.29) is 87.4 Å². The number of aliphatic hydroxyl groups excluding tert-OH is 1. The van der Waals surface area contributed by atoms with E-state index in [9.17, 15) is 58.2 Å². The van der Waals surface area contributed by atoms with Crippen LogP contribution in [-0.2, 0) is 54.4 Å². The summed E-state index contributed by atoms with van der Waals surface area (Å²) in [5.41, 5.74) is 11.4. The minimum atomic E-state index is -1.61. The molecule has 0 saturated carbocycles. The van der Waals surface area contributed by atoms with Crippen molar-refractivity contribution in [3.63, 3.8) is 0 Å². The Morgan fingerprint density at radius 3 is 1.82 bits per heavy atom. The monoisotopic (exact) mass is 1040 g/mol. The van der Waals surface area contributed by atoms with E-state index < -0.39 is 102 Å². The molecule has 4 saturated heterocycles. The third kappa shape index (κ3) is 15.8. The van der Waals surface area contributed by atoms with E-state index in [0.717, 1.165) is 6.42 Å². The number of rotatable bonds is 25. The van der Waals surface area contributed by atoms with Gasteiger partial charge in [-0.1, -0.05) is 13.8 Å². The number of imidazole rings is 1. The Hall–Kier alpha value is -6.90. The lowest BCUT2D eigenvalue weighted by Crippen LogP contribution is -2.60. The number of aromatic amines is 1. The Bertz CT molecular complexity index is 2200. The fraction of sp³-hybridized carbons (Fsp3) is 0.702. The van der Waals surface area contributed by atoms with Gasteiger partial charge in [0.2, 0.25) is 53.2 Å². The number of guanidine groups is 1. The van der Waals surface area contributed by atoms with Gasteiger partial charge in [0.05, 0.1) is 19.0 Å². The van der Waals surface area contributed by atoms with Gasteiger partial charge in [0.15, 0.2) is 5.96 Å². The first kappa shape index (κ1) is 58.0. The highest BCUT2D eigenvalue weighted by Gasteiger charge is 2.46. The number of carbonyl (C=O) groups excluding carboxylic acids is 9. The number of aliphatic imine (C=N–C) groups is 1. The number of carboxylic acid groups (broad SMARTS) is 1. The van der Waals surface area contributed by atoms with Crippen LogP contribution >= 0.6 is 0 Å². The normalized spacial score (nSPS) is 21.9. The first-order chi connectivity index (χ1) is 35.2. The molecule has 4 aliphatic rings. The third-order valence-corrected chi connectivity index (χ3v) is 13.7. The molecule has 27 nitrogen and oxygen atoms in total. The lowest BCUT2D eigenvalue weighted by molar-refractivity contribution is -0.151. The molecule has 14 N–H and O–H groups in total. The summed E-state index contributed by atoms with van der Waals surface area (Å²) in [6.45, 7) is 7.16. The minimum Gasteiger partial charge on any atom is -0.480 e. The standard InChI is InChI=1S/C47H75N15O12/c1-25(2)20-32(46(73)74)58-41(68)33(23-63)59-40(67)31(21-28-22-50-24-53-28)57-39(66)30(11-6-16-52-47(48)49)56-37(64)26(3)54-42(69)34-12-7-17-60(34)44(71)36-14-9-19-62(36)45(72)35-13-8-18-61(35)43(70)27(4)55-38(65)29-10-5-15-51-29/h22,24-27,29-36,51,63H,5-21,23H2,1-4H3,(H,50,53)(H,54,69)(H,55,65)(H,56,64)(H,57,66)(H,58,68)(H,59,67)(H,73,74)(H4,48,49,52)/t26-,27-,29-,30-,31-,32-,33-,34-,35-,36-/m0/s1. The molecule has 1 aromatic rings. The van der Waals surface area contributed by atoms with Crippen LogP contribution in [0.5, 0.6) is 0 Å². The highest BCUT2D eigenvalue weighted by atomic mass is 16.4. The van der Waals surface area contributed by atoms with Crippen molar-refractivity contribution in [2.45, 2.75) is 165 Å². The molecule has 4 aliphatic heterocycles. The molecular weight excluding hydrogens is 967 g/mol. The molecule has 0 unspecified atom stereocenters. The fourth-order valence-electron chi connectivity index (χ4n) is 9.77. The SMILES string of the molecule is CC(C)C[C@H](NC(=O)[C@H](CO)NC(=O)[C@H](Cc1cnc[nH]1)NC(=O)[C@H](CCCN=C(N)N)NC(=O)[C@H](C)NC(=O)[C@@H]1CCCN1C(=O)[C@@H]1CCCN1C(=O)[C@@H]1CCCN1C(=O)[C@H](C)NC(=O)[C@@H]1CCCN1)C(=O)O. The maximum Gasteiger partial charge on any atom is 0.326 e. The van der Waals surface area contributed by atoms with E-state index in [0.29, 0.717) is 57.3 Å². The molecule has 1 aromatic heterocycles. The molecule has 4 fully saturated rings. The number of aliphatic carboxylic acids is 1. The van der Waals surface area contributed by atoms with Crippen molar-refractivity contribution in [2.24, 2.45) is 22.4 Å². The first-order valence-electron chi connectivity index (χ1n) is 25.5. The summed E-state index contributed by atoms with van der Waals surface area (Å²) in [5, 5.41) is 38.2. The number of likely N-dealkylation sites (tertiary alicyclic amines) is 3. The van der Waals surface area contributed by atoms with Crippen molar-refractivity contribution in [1.29, 1.82) is 0 Å². The van der Waals surface area contributed by atoms with Crippen molar-refractivity contribution in [3.05, 3.63) is 18.2 Å². The molecule has 5 heterocycles. The molecule has 9 amide bonds. The average molecular weight is 1040 g/mol. The number of hydrogen-bond donors (Lipinski definition) is 12. The van der Waals surface area contributed by atoms with Crippen LogP contribution in [0.2, 0.25) is 0 Å². The molecule has 0 radical (unpaired) electrons. The van der Waals surface area contributed by atoms with E-state index in [4.69, 9.17) is 11.5 Å². The number of nitrogens with two attached hydrogens (primary N) is 2. The van der Waals surface area contributed by atoms with Gasteiger partial charge in [0, 0.05) is 44.5 Å². The van der Waals surface area contributed by atoms with E-state index in [2.05, 4.69) is 52.2 Å². The average Bonchev–Trinajstić information content (AvgIpc) is 4.23. The van der Waals surface area contributed by atoms with Crippen LogP contribution in [0.25, 0.3) is 0 Å². The highest BCUT2D eigenvalue weighted by molar-refractivity contribution is 5.99. The Balaban J connectivity index is 1.22. The summed E-state index contributed by atoms with van der Waals surface area (Å²) in [6, 6.07) is -10.9. The summed E-state index contributed by atoms with van der Waals surface area (Å²) in [6.07, 6.45) is 6.76. The number of carbonyl (C=O) groups is 10. The Labute approximate surface area is 429 Å². The van der Waals surface area contributed by atoms with Crippen molar-refractivity contribution in [1.82, 2.24) is 61.9 Å². The molecule has 27 heteroatoms. The molecule has 74 heavy (non-hydrogen) atoms. The van der Waals surface area contributed by atoms with E-state index >= 15 is 0 Å². The second-order valence-electron chi connectivity index (χ2n) is 19.8. The van der Waals surface area contributed by atoms with Gasteiger partial charge >= 0.3 is 5.97 Å². The zero-order valence-corrected chi connectivity index (χ0v) is 42.6. The minimum absolute atomic E-state index is 0.0532. The number of nitrogens with one attached hydrogen (secondary N) is 8. The van der Waals surface area contributed by atoms with E-state index in [1.165, 1.54) is 34.1 Å². The molecule has 410 valence electrons. The van der Waals surface area contributed by atoms with Crippen LogP contribution in [0.3, 0.4) is 0 Å². The van der Waals surface area contributed by atoms with Crippen LogP contribution in [0.15, 0.2) is 17.5 Å². The largest absolute Gasteiger partial charge is 0.480 e. The van der Waals surface area contributed by atoms with Gasteiger partial charge in [-0.05, 0) is 96.9 Å². The van der Waals surface area contributed by atoms with Crippen LogP contribution < -0.4 is 48.7 Å². The Morgan fingerprint density at radius 1 is 0.689 bits per heavy atom. The zero-order valence-electron chi connectivity index (χ0n) is 42.6. The zero-order chi connectivity index (χ0) is 54.2. The number of hydrogen-bond acceptors (Lipinski definition) is 14. The lowest BCUT2D eigenvalue weighted by Gasteiger charge is -2.34. The maximum absolute atomic E-state index is 14.3. The van der Waals surface area contributed by atoms with Crippen molar-refractivity contribution >= 4 is 65.1 Å². The van der Waals surface area contributed by atoms with Gasteiger partial charge in [-0.25, -0.2) is 9.78 Å². The fourth-order valence-corrected chi connectivity index (χ4v) is 9.77. The summed E-state index contributed by atoms with van der Waals surface area (Å²) in [4.78, 5) is 150. The number of aromatic nitrogens is 2. The van der Waals surface area contributed by atoms with Gasteiger partial charge < -0.3 is 78.6 Å². The summed E-state index contributed by atoms with van der Waals surface area (Å²) >= 11 is 0. The van der Waals surface area contributed by atoms with E-state index in [1.54, 1.807) is 20.8 Å². The summed E-state index contributed by atoms with van der Waals surface area (Å²) < 4.78 is 0. The molecule has 0 aromatic carbocycles. The lowest BCUT2D eigenvalue weighted by atomic mass is 10.0. The van der Waals surface area contributed by atoms with Crippen molar-refractivity contribution in [2.75, 3.05) is 39.3 Å². The number of carboxylic acids is 1. The molecule has 0 aliphatic carbocycles. The second kappa shape index (κ2) is 27.4. The molecule has 5 rings (SSSR count). The predicted octanol–water partition coefficient (Wildman–Crippen LogP) is -4.20. The topological polar surface area (TPSA) is 398 Å². The number of H-pyrrole nitrogens is 1. The Kier molecular flexibility index (Phi) is 21.5. The maximum atomic E-state index is 14.3. The van der Waals surface area contributed by atoms with Gasteiger partial charge in [-0.3, -0.25) is 48.1 Å². The predicted molar refractivity (Wildman–Crippen MR) is 265 cm³/mol.